The van der Waals surface area contributed by atoms with Crippen LogP contribution in [0.25, 0.3) is 0 Å². The van der Waals surface area contributed by atoms with Gasteiger partial charge in [0.1, 0.15) is 5.82 Å². The average Bonchev–Trinajstić information content (AvgIpc) is 2.66. The fourth-order valence-corrected chi connectivity index (χ4v) is 2.88. The molecule has 0 radical (unpaired) electrons. The summed E-state index contributed by atoms with van der Waals surface area (Å²) in [5.74, 6) is 0.184. The van der Waals surface area contributed by atoms with E-state index in [1.807, 2.05) is 6.07 Å². The van der Waals surface area contributed by atoms with E-state index in [-0.39, 0.29) is 5.91 Å². The van der Waals surface area contributed by atoms with Crippen molar-refractivity contribution in [1.82, 2.24) is 9.88 Å². The number of nitrogens with zero attached hydrogens (tertiary/aromatic N) is 2. The Kier molecular flexibility index (Phi) is 6.68. The SMILES string of the molecule is O=C(Nc1ccc(NCCN2CCOCC2)cn1)c1ccc(Cl)c(Cl)c1. The lowest BCUT2D eigenvalue weighted by Gasteiger charge is -2.26. The molecule has 138 valence electrons. The first-order chi connectivity index (χ1) is 12.6. The zero-order valence-corrected chi connectivity index (χ0v) is 15.7. The molecule has 1 fully saturated rings. The Morgan fingerprint density at radius 1 is 1.15 bits per heavy atom. The van der Waals surface area contributed by atoms with Crippen LogP contribution in [0, 0.1) is 0 Å². The lowest BCUT2D eigenvalue weighted by molar-refractivity contribution is 0.0398. The Morgan fingerprint density at radius 3 is 2.65 bits per heavy atom. The molecule has 0 saturated carbocycles. The molecule has 2 N–H and O–H groups in total. The van der Waals surface area contributed by atoms with Gasteiger partial charge in [0.2, 0.25) is 0 Å². The maximum absolute atomic E-state index is 12.2. The van der Waals surface area contributed by atoms with Gasteiger partial charge in [0, 0.05) is 31.7 Å². The zero-order valence-electron chi connectivity index (χ0n) is 14.2. The number of aromatic nitrogens is 1. The van der Waals surface area contributed by atoms with Gasteiger partial charge in [0.15, 0.2) is 0 Å². The fraction of sp³-hybridized carbons (Fsp3) is 0.333. The van der Waals surface area contributed by atoms with Crippen LogP contribution >= 0.6 is 23.2 Å². The smallest absolute Gasteiger partial charge is 0.256 e. The Bertz CT molecular complexity index is 749. The van der Waals surface area contributed by atoms with E-state index in [0.29, 0.717) is 21.4 Å². The number of benzene rings is 1. The normalized spacial score (nSPS) is 14.8. The van der Waals surface area contributed by atoms with Crippen molar-refractivity contribution in [2.75, 3.05) is 50.0 Å². The molecule has 26 heavy (non-hydrogen) atoms. The molecule has 1 amide bonds. The summed E-state index contributed by atoms with van der Waals surface area (Å²) in [5, 5.41) is 6.82. The van der Waals surface area contributed by atoms with Crippen LogP contribution in [0.4, 0.5) is 11.5 Å². The first kappa shape index (κ1) is 18.9. The van der Waals surface area contributed by atoms with Crippen LogP contribution in [-0.2, 0) is 4.74 Å². The molecule has 6 nitrogen and oxygen atoms in total. The van der Waals surface area contributed by atoms with Gasteiger partial charge in [0.05, 0.1) is 35.1 Å². The number of amides is 1. The third kappa shape index (κ3) is 5.32. The highest BCUT2D eigenvalue weighted by Crippen LogP contribution is 2.23. The van der Waals surface area contributed by atoms with Crippen molar-refractivity contribution >= 4 is 40.6 Å². The molecule has 1 aromatic carbocycles. The van der Waals surface area contributed by atoms with Crippen LogP contribution in [-0.4, -0.2) is 55.2 Å². The Morgan fingerprint density at radius 2 is 1.96 bits per heavy atom. The van der Waals surface area contributed by atoms with Crippen LogP contribution in [0.5, 0.6) is 0 Å². The summed E-state index contributed by atoms with van der Waals surface area (Å²) in [6, 6.07) is 8.38. The number of carbonyl (C=O) groups is 1. The van der Waals surface area contributed by atoms with Gasteiger partial charge >= 0.3 is 0 Å². The van der Waals surface area contributed by atoms with Gasteiger partial charge in [0.25, 0.3) is 5.91 Å². The van der Waals surface area contributed by atoms with Crippen molar-refractivity contribution in [3.63, 3.8) is 0 Å². The van der Waals surface area contributed by atoms with Gasteiger partial charge < -0.3 is 15.4 Å². The number of hydrogen-bond acceptors (Lipinski definition) is 5. The van der Waals surface area contributed by atoms with Gasteiger partial charge in [-0.25, -0.2) is 4.98 Å². The number of carbonyl (C=O) groups excluding carboxylic acids is 1. The van der Waals surface area contributed by atoms with Gasteiger partial charge in [-0.05, 0) is 30.3 Å². The van der Waals surface area contributed by atoms with E-state index in [4.69, 9.17) is 27.9 Å². The number of morpholine rings is 1. The summed E-state index contributed by atoms with van der Waals surface area (Å²) in [6.07, 6.45) is 1.70. The second kappa shape index (κ2) is 9.19. The van der Waals surface area contributed by atoms with Crippen LogP contribution < -0.4 is 10.6 Å². The number of anilines is 2. The molecule has 1 aromatic heterocycles. The maximum atomic E-state index is 12.2. The predicted octanol–water partition coefficient (Wildman–Crippen LogP) is 3.38. The number of ether oxygens (including phenoxy) is 1. The molecule has 2 heterocycles. The minimum atomic E-state index is -0.288. The van der Waals surface area contributed by atoms with Crippen molar-refractivity contribution in [3.8, 4) is 0 Å². The minimum absolute atomic E-state index is 0.288. The van der Waals surface area contributed by atoms with Crippen LogP contribution in [0.1, 0.15) is 10.4 Å². The van der Waals surface area contributed by atoms with E-state index in [1.165, 1.54) is 6.07 Å². The molecule has 1 saturated heterocycles. The van der Waals surface area contributed by atoms with E-state index >= 15 is 0 Å². The molecular weight excluding hydrogens is 375 g/mol. The van der Waals surface area contributed by atoms with Gasteiger partial charge in [-0.2, -0.15) is 0 Å². The largest absolute Gasteiger partial charge is 0.383 e. The summed E-state index contributed by atoms with van der Waals surface area (Å²) in [4.78, 5) is 18.8. The molecule has 1 aliphatic heterocycles. The predicted molar refractivity (Wildman–Crippen MR) is 104 cm³/mol. The van der Waals surface area contributed by atoms with Crippen LogP contribution in [0.2, 0.25) is 10.0 Å². The number of hydrogen-bond donors (Lipinski definition) is 2. The molecule has 0 spiro atoms. The van der Waals surface area contributed by atoms with Crippen molar-refractivity contribution < 1.29 is 9.53 Å². The second-order valence-corrected chi connectivity index (χ2v) is 6.71. The topological polar surface area (TPSA) is 66.5 Å². The number of nitrogens with one attached hydrogen (secondary N) is 2. The van der Waals surface area contributed by atoms with Crippen LogP contribution in [0.15, 0.2) is 36.5 Å². The van der Waals surface area contributed by atoms with Crippen molar-refractivity contribution in [2.24, 2.45) is 0 Å². The van der Waals surface area contributed by atoms with Crippen molar-refractivity contribution in [2.45, 2.75) is 0 Å². The first-order valence-corrected chi connectivity index (χ1v) is 9.14. The number of pyridine rings is 1. The number of rotatable bonds is 6. The fourth-order valence-electron chi connectivity index (χ4n) is 2.58. The molecule has 0 bridgehead atoms. The molecule has 3 rings (SSSR count). The van der Waals surface area contributed by atoms with E-state index in [9.17, 15) is 4.79 Å². The summed E-state index contributed by atoms with van der Waals surface area (Å²) in [7, 11) is 0. The van der Waals surface area contributed by atoms with E-state index in [1.54, 1.807) is 24.4 Å². The first-order valence-electron chi connectivity index (χ1n) is 8.38. The standard InChI is InChI=1S/C18H20Cl2N4O2/c19-15-3-1-13(11-16(15)20)18(25)23-17-4-2-14(12-22-17)21-5-6-24-7-9-26-10-8-24/h1-4,11-12,21H,5-10H2,(H,22,23,25). The second-order valence-electron chi connectivity index (χ2n) is 5.90. The molecule has 0 aliphatic carbocycles. The lowest BCUT2D eigenvalue weighted by Crippen LogP contribution is -2.39. The molecule has 8 heteroatoms. The van der Waals surface area contributed by atoms with Crippen LogP contribution in [0.3, 0.4) is 0 Å². The molecule has 2 aromatic rings. The minimum Gasteiger partial charge on any atom is -0.383 e. The summed E-state index contributed by atoms with van der Waals surface area (Å²) in [5.41, 5.74) is 1.33. The van der Waals surface area contributed by atoms with Gasteiger partial charge in [-0.15, -0.1) is 0 Å². The highest BCUT2D eigenvalue weighted by molar-refractivity contribution is 6.42. The third-order valence-electron chi connectivity index (χ3n) is 4.05. The van der Waals surface area contributed by atoms with E-state index in [2.05, 4.69) is 20.5 Å². The summed E-state index contributed by atoms with van der Waals surface area (Å²) in [6.45, 7) is 5.33. The quantitative estimate of drug-likeness (QED) is 0.785. The lowest BCUT2D eigenvalue weighted by atomic mass is 10.2. The van der Waals surface area contributed by atoms with Gasteiger partial charge in [-0.3, -0.25) is 9.69 Å². The average molecular weight is 395 g/mol. The highest BCUT2D eigenvalue weighted by atomic mass is 35.5. The molecule has 1 aliphatic rings. The molecule has 0 unspecified atom stereocenters. The van der Waals surface area contributed by atoms with E-state index < -0.39 is 0 Å². The van der Waals surface area contributed by atoms with E-state index in [0.717, 1.165) is 45.1 Å². The number of halogens is 2. The third-order valence-corrected chi connectivity index (χ3v) is 4.79. The Hall–Kier alpha value is -1.86. The summed E-state index contributed by atoms with van der Waals surface area (Å²) >= 11 is 11.8. The molecular formula is C18H20Cl2N4O2. The monoisotopic (exact) mass is 394 g/mol. The van der Waals surface area contributed by atoms with Crippen molar-refractivity contribution in [3.05, 3.63) is 52.1 Å². The van der Waals surface area contributed by atoms with Gasteiger partial charge in [-0.1, -0.05) is 23.2 Å². The van der Waals surface area contributed by atoms with Crippen molar-refractivity contribution in [1.29, 1.82) is 0 Å². The Balaban J connectivity index is 1.49. The summed E-state index contributed by atoms with van der Waals surface area (Å²) < 4.78 is 5.33. The zero-order chi connectivity index (χ0) is 18.4. The molecule has 0 atom stereocenters. The Labute approximate surface area is 162 Å². The maximum Gasteiger partial charge on any atom is 0.256 e. The highest BCUT2D eigenvalue weighted by Gasteiger charge is 2.10.